The van der Waals surface area contributed by atoms with Gasteiger partial charge in [0.25, 0.3) is 0 Å². The number of aromatic nitrogens is 4. The molecule has 4 nitrogen and oxygen atoms in total. The van der Waals surface area contributed by atoms with Gasteiger partial charge in [0, 0.05) is 18.6 Å². The predicted octanol–water partition coefficient (Wildman–Crippen LogP) is 1.28. The Labute approximate surface area is 76.3 Å². The second kappa shape index (κ2) is 2.97. The van der Waals surface area contributed by atoms with Crippen molar-refractivity contribution in [3.8, 4) is 5.82 Å². The molecule has 0 aliphatic carbocycles. The Morgan fingerprint density at radius 1 is 1.15 bits per heavy atom. The number of rotatable bonds is 1. The van der Waals surface area contributed by atoms with E-state index in [2.05, 4.69) is 15.0 Å². The summed E-state index contributed by atoms with van der Waals surface area (Å²) in [5.74, 6) is 2.56. The number of nitrogens with zero attached hydrogens (tertiary/aromatic N) is 4. The van der Waals surface area contributed by atoms with E-state index < -0.39 is 0 Å². The summed E-state index contributed by atoms with van der Waals surface area (Å²) in [6.45, 7) is 3.81. The number of hydrogen-bond donors (Lipinski definition) is 0. The molecule has 2 aromatic rings. The first-order valence-electron chi connectivity index (χ1n) is 4.07. The highest BCUT2D eigenvalue weighted by atomic mass is 15.1. The first-order chi connectivity index (χ1) is 6.27. The van der Waals surface area contributed by atoms with Crippen LogP contribution in [0.4, 0.5) is 0 Å². The van der Waals surface area contributed by atoms with Gasteiger partial charge < -0.3 is 0 Å². The van der Waals surface area contributed by atoms with Crippen LogP contribution in [0.25, 0.3) is 5.82 Å². The lowest BCUT2D eigenvalue weighted by Crippen LogP contribution is -2.00. The molecule has 0 saturated heterocycles. The SMILES string of the molecule is Cc1nccc(-n2ccnc2C)n1. The summed E-state index contributed by atoms with van der Waals surface area (Å²) in [7, 11) is 0. The molecule has 0 amide bonds. The third-order valence-electron chi connectivity index (χ3n) is 1.83. The summed E-state index contributed by atoms with van der Waals surface area (Å²) >= 11 is 0. The second-order valence-electron chi connectivity index (χ2n) is 2.81. The van der Waals surface area contributed by atoms with E-state index in [9.17, 15) is 0 Å². The number of imidazole rings is 1. The minimum absolute atomic E-state index is 0.769. The molecule has 0 radical (unpaired) electrons. The van der Waals surface area contributed by atoms with E-state index in [1.54, 1.807) is 12.4 Å². The van der Waals surface area contributed by atoms with Gasteiger partial charge in [0.2, 0.25) is 0 Å². The minimum Gasteiger partial charge on any atom is -0.288 e. The molecule has 2 heterocycles. The van der Waals surface area contributed by atoms with Crippen LogP contribution < -0.4 is 0 Å². The summed E-state index contributed by atoms with van der Waals surface area (Å²) in [5, 5.41) is 0. The average molecular weight is 174 g/mol. The lowest BCUT2D eigenvalue weighted by molar-refractivity contribution is 0.899. The van der Waals surface area contributed by atoms with Gasteiger partial charge in [-0.1, -0.05) is 0 Å². The smallest absolute Gasteiger partial charge is 0.141 e. The highest BCUT2D eigenvalue weighted by Crippen LogP contribution is 2.05. The van der Waals surface area contributed by atoms with Crippen LogP contribution in [0.1, 0.15) is 11.6 Å². The van der Waals surface area contributed by atoms with Crippen LogP contribution in [-0.2, 0) is 0 Å². The maximum Gasteiger partial charge on any atom is 0.141 e. The molecular formula is C9H10N4. The molecule has 0 unspecified atom stereocenters. The monoisotopic (exact) mass is 174 g/mol. The molecule has 0 atom stereocenters. The van der Waals surface area contributed by atoms with Crippen molar-refractivity contribution in [2.45, 2.75) is 13.8 Å². The largest absolute Gasteiger partial charge is 0.288 e. The molecule has 0 fully saturated rings. The molecule has 0 spiro atoms. The topological polar surface area (TPSA) is 43.6 Å². The van der Waals surface area contributed by atoms with Gasteiger partial charge in [-0.15, -0.1) is 0 Å². The maximum atomic E-state index is 4.29. The van der Waals surface area contributed by atoms with Crippen LogP contribution in [0.2, 0.25) is 0 Å². The summed E-state index contributed by atoms with van der Waals surface area (Å²) in [6, 6.07) is 1.86. The molecule has 0 aromatic carbocycles. The molecule has 0 bridgehead atoms. The van der Waals surface area contributed by atoms with Gasteiger partial charge in [-0.2, -0.15) is 0 Å². The first-order valence-corrected chi connectivity index (χ1v) is 4.07. The van der Waals surface area contributed by atoms with Gasteiger partial charge in [0.1, 0.15) is 17.5 Å². The van der Waals surface area contributed by atoms with Crippen LogP contribution in [0, 0.1) is 13.8 Å². The van der Waals surface area contributed by atoms with Gasteiger partial charge in [0.05, 0.1) is 0 Å². The zero-order chi connectivity index (χ0) is 9.26. The lowest BCUT2D eigenvalue weighted by atomic mass is 10.5. The summed E-state index contributed by atoms with van der Waals surface area (Å²) in [4.78, 5) is 12.4. The fourth-order valence-electron chi connectivity index (χ4n) is 1.20. The van der Waals surface area contributed by atoms with Crippen LogP contribution in [0.5, 0.6) is 0 Å². The van der Waals surface area contributed by atoms with E-state index in [1.165, 1.54) is 0 Å². The summed E-state index contributed by atoms with van der Waals surface area (Å²) in [6.07, 6.45) is 5.39. The Balaban J connectivity index is 2.53. The Morgan fingerprint density at radius 3 is 2.62 bits per heavy atom. The van der Waals surface area contributed by atoms with Crippen molar-refractivity contribution in [2.24, 2.45) is 0 Å². The number of hydrogen-bond acceptors (Lipinski definition) is 3. The van der Waals surface area contributed by atoms with E-state index in [-0.39, 0.29) is 0 Å². The van der Waals surface area contributed by atoms with Gasteiger partial charge in [-0.25, -0.2) is 15.0 Å². The molecule has 2 aromatic heterocycles. The zero-order valence-electron chi connectivity index (χ0n) is 7.60. The van der Waals surface area contributed by atoms with Crippen LogP contribution in [0.3, 0.4) is 0 Å². The second-order valence-corrected chi connectivity index (χ2v) is 2.81. The zero-order valence-corrected chi connectivity index (χ0v) is 7.60. The van der Waals surface area contributed by atoms with E-state index >= 15 is 0 Å². The molecule has 0 aliphatic rings. The minimum atomic E-state index is 0.769. The molecule has 2 rings (SSSR count). The van der Waals surface area contributed by atoms with Gasteiger partial charge in [0.15, 0.2) is 0 Å². The van der Waals surface area contributed by atoms with E-state index in [1.807, 2.05) is 30.7 Å². The molecule has 0 aliphatic heterocycles. The van der Waals surface area contributed by atoms with Crippen LogP contribution in [0.15, 0.2) is 24.7 Å². The third kappa shape index (κ3) is 1.42. The summed E-state index contributed by atoms with van der Waals surface area (Å²) in [5.41, 5.74) is 0. The lowest BCUT2D eigenvalue weighted by Gasteiger charge is -2.03. The van der Waals surface area contributed by atoms with Gasteiger partial charge in [-0.05, 0) is 19.9 Å². The van der Waals surface area contributed by atoms with Crippen molar-refractivity contribution >= 4 is 0 Å². The highest BCUT2D eigenvalue weighted by molar-refractivity contribution is 5.22. The molecular weight excluding hydrogens is 164 g/mol. The predicted molar refractivity (Wildman–Crippen MR) is 48.6 cm³/mol. The third-order valence-corrected chi connectivity index (χ3v) is 1.83. The molecule has 0 N–H and O–H groups in total. The highest BCUT2D eigenvalue weighted by Gasteiger charge is 2.00. The van der Waals surface area contributed by atoms with E-state index in [0.717, 1.165) is 17.5 Å². The average Bonchev–Trinajstić information content (AvgIpc) is 2.51. The van der Waals surface area contributed by atoms with Crippen molar-refractivity contribution in [3.05, 3.63) is 36.3 Å². The molecule has 13 heavy (non-hydrogen) atoms. The van der Waals surface area contributed by atoms with Gasteiger partial charge >= 0.3 is 0 Å². The van der Waals surface area contributed by atoms with Crippen molar-refractivity contribution in [1.82, 2.24) is 19.5 Å². The maximum absolute atomic E-state index is 4.29. The Morgan fingerprint density at radius 2 is 2.00 bits per heavy atom. The normalized spacial score (nSPS) is 10.3. The standard InChI is InChI=1S/C9H10N4/c1-7-10-4-3-9(12-7)13-6-5-11-8(13)2/h3-6H,1-2H3. The van der Waals surface area contributed by atoms with Crippen LogP contribution in [-0.4, -0.2) is 19.5 Å². The van der Waals surface area contributed by atoms with Crippen molar-refractivity contribution in [1.29, 1.82) is 0 Å². The van der Waals surface area contributed by atoms with E-state index in [0.29, 0.717) is 0 Å². The summed E-state index contributed by atoms with van der Waals surface area (Å²) < 4.78 is 1.93. The molecule has 4 heteroatoms. The fraction of sp³-hybridized carbons (Fsp3) is 0.222. The Hall–Kier alpha value is -1.71. The quantitative estimate of drug-likeness (QED) is 0.654. The van der Waals surface area contributed by atoms with Crippen molar-refractivity contribution in [2.75, 3.05) is 0 Å². The molecule has 0 saturated carbocycles. The number of aryl methyl sites for hydroxylation is 2. The fourth-order valence-corrected chi connectivity index (χ4v) is 1.20. The Bertz CT molecular complexity index is 419. The Kier molecular flexibility index (Phi) is 1.81. The van der Waals surface area contributed by atoms with E-state index in [4.69, 9.17) is 0 Å². The first kappa shape index (κ1) is 7.91. The van der Waals surface area contributed by atoms with Gasteiger partial charge in [-0.3, -0.25) is 4.57 Å². The van der Waals surface area contributed by atoms with Crippen LogP contribution >= 0.6 is 0 Å². The van der Waals surface area contributed by atoms with Crippen molar-refractivity contribution in [3.63, 3.8) is 0 Å². The molecule has 66 valence electrons. The van der Waals surface area contributed by atoms with Crippen molar-refractivity contribution < 1.29 is 0 Å².